The van der Waals surface area contributed by atoms with Crippen molar-refractivity contribution >= 4 is 46.5 Å². The molecule has 1 atom stereocenters. The third-order valence-corrected chi connectivity index (χ3v) is 4.35. The molecule has 0 fully saturated rings. The van der Waals surface area contributed by atoms with Gasteiger partial charge in [0.2, 0.25) is 0 Å². The summed E-state index contributed by atoms with van der Waals surface area (Å²) in [5, 5.41) is 13.1. The van der Waals surface area contributed by atoms with Crippen LogP contribution in [0, 0.1) is 12.7 Å². The number of aryl methyl sites for hydroxylation is 1. The summed E-state index contributed by atoms with van der Waals surface area (Å²) in [6, 6.07) is 7.40. The molecular weight excluding hydrogens is 383 g/mol. The normalized spacial score (nSPS) is 11.8. The summed E-state index contributed by atoms with van der Waals surface area (Å²) >= 11 is 4.75. The van der Waals surface area contributed by atoms with E-state index in [1.54, 1.807) is 13.0 Å². The molecule has 0 radical (unpaired) electrons. The second-order valence-electron chi connectivity index (χ2n) is 6.09. The zero-order valence-corrected chi connectivity index (χ0v) is 16.0. The number of carboxylic acid groups (broad SMARTS) is 1. The van der Waals surface area contributed by atoms with Crippen LogP contribution in [0.3, 0.4) is 0 Å². The fourth-order valence-electron chi connectivity index (χ4n) is 2.81. The van der Waals surface area contributed by atoms with Crippen molar-refractivity contribution in [2.45, 2.75) is 26.4 Å². The standard InChI is InChI=1S/C19H17FN4O3S/c1-3-15(19(25)26)27-16-7-11(20)4-5-13(16)23-18-17-10(2)6-12(24-28)8-14(17)21-9-22-18/h4-9,15H,3H2,1-2H3,(H,25,26)(H,21,22,23). The van der Waals surface area contributed by atoms with E-state index >= 15 is 0 Å². The molecule has 7 nitrogen and oxygen atoms in total. The molecule has 1 unspecified atom stereocenters. The Kier molecular flexibility index (Phi) is 5.74. The van der Waals surface area contributed by atoms with E-state index in [1.807, 2.05) is 13.0 Å². The molecule has 28 heavy (non-hydrogen) atoms. The molecule has 3 rings (SSSR count). The van der Waals surface area contributed by atoms with Gasteiger partial charge >= 0.3 is 5.97 Å². The Labute approximate surface area is 165 Å². The Bertz CT molecular complexity index is 1060. The third-order valence-electron chi connectivity index (χ3n) is 4.14. The molecule has 0 amide bonds. The maximum absolute atomic E-state index is 13.7. The number of halogens is 1. The van der Waals surface area contributed by atoms with E-state index in [4.69, 9.17) is 17.2 Å². The summed E-state index contributed by atoms with van der Waals surface area (Å²) < 4.78 is 23.0. The van der Waals surface area contributed by atoms with Crippen LogP contribution in [-0.4, -0.2) is 27.1 Å². The average molecular weight is 400 g/mol. The quantitative estimate of drug-likeness (QED) is 0.606. The highest BCUT2D eigenvalue weighted by molar-refractivity contribution is 7.47. The number of fused-ring (bicyclic) bond motifs is 1. The number of hydrogen-bond donors (Lipinski definition) is 2. The second kappa shape index (κ2) is 8.22. The van der Waals surface area contributed by atoms with Crippen molar-refractivity contribution in [2.24, 2.45) is 4.36 Å². The number of nitrogens with zero attached hydrogens (tertiary/aromatic N) is 3. The summed E-state index contributed by atoms with van der Waals surface area (Å²) in [5.41, 5.74) is 2.49. The molecule has 1 heterocycles. The van der Waals surface area contributed by atoms with Crippen molar-refractivity contribution in [3.63, 3.8) is 0 Å². The largest absolute Gasteiger partial charge is 0.479 e. The fourth-order valence-corrected chi connectivity index (χ4v) is 2.91. The third kappa shape index (κ3) is 4.04. The van der Waals surface area contributed by atoms with Crippen LogP contribution in [0.15, 0.2) is 41.0 Å². The van der Waals surface area contributed by atoms with E-state index in [0.717, 1.165) is 17.0 Å². The minimum atomic E-state index is -1.12. The first-order valence-corrected chi connectivity index (χ1v) is 8.84. The van der Waals surface area contributed by atoms with Gasteiger partial charge in [-0.1, -0.05) is 6.92 Å². The van der Waals surface area contributed by atoms with Crippen LogP contribution in [0.1, 0.15) is 18.9 Å². The minimum absolute atomic E-state index is 0.0795. The van der Waals surface area contributed by atoms with Gasteiger partial charge in [-0.05, 0) is 43.2 Å². The lowest BCUT2D eigenvalue weighted by atomic mass is 10.1. The van der Waals surface area contributed by atoms with Gasteiger partial charge in [-0.25, -0.2) is 19.2 Å². The first-order chi connectivity index (χ1) is 13.4. The SMILES string of the molecule is CCC(Oc1cc(F)ccc1Nc1ncnc2cc(N=S)cc(C)c12)C(=O)O. The van der Waals surface area contributed by atoms with Gasteiger partial charge in [0, 0.05) is 23.9 Å². The highest BCUT2D eigenvalue weighted by Gasteiger charge is 2.20. The first kappa shape index (κ1) is 19.6. The lowest BCUT2D eigenvalue weighted by Gasteiger charge is -2.18. The van der Waals surface area contributed by atoms with Gasteiger partial charge < -0.3 is 15.2 Å². The Morgan fingerprint density at radius 2 is 2.14 bits per heavy atom. The predicted octanol–water partition coefficient (Wildman–Crippen LogP) is 4.42. The van der Waals surface area contributed by atoms with Crippen LogP contribution in [-0.2, 0) is 17.2 Å². The Hall–Kier alpha value is -3.20. The second-order valence-corrected chi connectivity index (χ2v) is 6.27. The van der Waals surface area contributed by atoms with Crippen molar-refractivity contribution in [1.29, 1.82) is 0 Å². The summed E-state index contributed by atoms with van der Waals surface area (Å²) in [6.07, 6.45) is 0.518. The van der Waals surface area contributed by atoms with E-state index < -0.39 is 17.9 Å². The molecule has 0 aliphatic heterocycles. The number of nitrogens with one attached hydrogen (secondary N) is 1. The molecule has 0 saturated carbocycles. The number of benzene rings is 2. The van der Waals surface area contributed by atoms with Crippen molar-refractivity contribution in [2.75, 3.05) is 5.32 Å². The molecule has 0 spiro atoms. The van der Waals surface area contributed by atoms with E-state index in [2.05, 4.69) is 19.6 Å². The highest BCUT2D eigenvalue weighted by atomic mass is 32.1. The van der Waals surface area contributed by atoms with Gasteiger partial charge in [0.15, 0.2) is 6.10 Å². The van der Waals surface area contributed by atoms with Crippen LogP contribution >= 0.6 is 0 Å². The number of aliphatic carboxylic acids is 1. The van der Waals surface area contributed by atoms with Crippen LogP contribution in [0.25, 0.3) is 10.9 Å². The van der Waals surface area contributed by atoms with Crippen LogP contribution in [0.5, 0.6) is 5.75 Å². The van der Waals surface area contributed by atoms with Gasteiger partial charge in [0.05, 0.1) is 16.9 Å². The Balaban J connectivity index is 2.05. The number of carbonyl (C=O) groups is 1. The van der Waals surface area contributed by atoms with Crippen molar-refractivity contribution in [3.8, 4) is 5.75 Å². The molecule has 0 aliphatic carbocycles. The lowest BCUT2D eigenvalue weighted by molar-refractivity contribution is -0.145. The molecular formula is C19H17FN4O3S. The van der Waals surface area contributed by atoms with E-state index in [9.17, 15) is 14.3 Å². The maximum atomic E-state index is 13.7. The van der Waals surface area contributed by atoms with E-state index in [0.29, 0.717) is 22.7 Å². The monoisotopic (exact) mass is 400 g/mol. The molecule has 2 aromatic carbocycles. The van der Waals surface area contributed by atoms with Crippen molar-refractivity contribution < 1.29 is 19.0 Å². The zero-order chi connectivity index (χ0) is 20.3. The molecule has 9 heteroatoms. The summed E-state index contributed by atoms with van der Waals surface area (Å²) in [7, 11) is 0. The average Bonchev–Trinajstić information content (AvgIpc) is 2.67. The molecule has 0 bridgehead atoms. The Morgan fingerprint density at radius 1 is 1.36 bits per heavy atom. The summed E-state index contributed by atoms with van der Waals surface area (Å²) in [5.74, 6) is -1.11. The number of hydrogen-bond acceptors (Lipinski definition) is 7. The summed E-state index contributed by atoms with van der Waals surface area (Å²) in [4.78, 5) is 19.8. The van der Waals surface area contributed by atoms with Crippen LogP contribution in [0.4, 0.5) is 21.6 Å². The smallest absolute Gasteiger partial charge is 0.344 e. The number of ether oxygens (including phenoxy) is 1. The molecule has 0 aliphatic rings. The van der Waals surface area contributed by atoms with Crippen LogP contribution < -0.4 is 10.1 Å². The topological polar surface area (TPSA) is 96.7 Å². The fraction of sp³-hybridized carbons (Fsp3) is 0.211. The zero-order valence-electron chi connectivity index (χ0n) is 15.1. The number of anilines is 2. The summed E-state index contributed by atoms with van der Waals surface area (Å²) in [6.45, 7) is 3.55. The number of carboxylic acids is 1. The number of aromatic nitrogens is 2. The predicted molar refractivity (Wildman–Crippen MR) is 106 cm³/mol. The van der Waals surface area contributed by atoms with Gasteiger partial charge in [-0.3, -0.25) is 0 Å². The van der Waals surface area contributed by atoms with Gasteiger partial charge in [-0.2, -0.15) is 4.36 Å². The van der Waals surface area contributed by atoms with Gasteiger partial charge in [-0.15, -0.1) is 0 Å². The first-order valence-electron chi connectivity index (χ1n) is 8.47. The molecule has 2 N–H and O–H groups in total. The molecule has 0 saturated heterocycles. The maximum Gasteiger partial charge on any atom is 0.344 e. The molecule has 1 aromatic heterocycles. The molecule has 144 valence electrons. The van der Waals surface area contributed by atoms with E-state index in [-0.39, 0.29) is 12.2 Å². The minimum Gasteiger partial charge on any atom is -0.479 e. The highest BCUT2D eigenvalue weighted by Crippen LogP contribution is 2.34. The Morgan fingerprint density at radius 3 is 2.82 bits per heavy atom. The van der Waals surface area contributed by atoms with E-state index in [1.165, 1.54) is 18.5 Å². The molecule has 3 aromatic rings. The lowest BCUT2D eigenvalue weighted by Crippen LogP contribution is -2.26. The van der Waals surface area contributed by atoms with Crippen molar-refractivity contribution in [3.05, 3.63) is 48.0 Å². The van der Waals surface area contributed by atoms with Gasteiger partial charge in [0.25, 0.3) is 0 Å². The van der Waals surface area contributed by atoms with Crippen LogP contribution in [0.2, 0.25) is 0 Å². The number of rotatable bonds is 7. The van der Waals surface area contributed by atoms with Gasteiger partial charge in [0.1, 0.15) is 23.7 Å². The van der Waals surface area contributed by atoms with Crippen molar-refractivity contribution in [1.82, 2.24) is 9.97 Å².